The van der Waals surface area contributed by atoms with Gasteiger partial charge in [0, 0.05) is 43.9 Å². The van der Waals surface area contributed by atoms with Gasteiger partial charge in [-0.15, -0.1) is 0 Å². The summed E-state index contributed by atoms with van der Waals surface area (Å²) in [5.41, 5.74) is 1.18. The molecule has 170 valence electrons. The summed E-state index contributed by atoms with van der Waals surface area (Å²) in [6, 6.07) is 10.8. The SMILES string of the molecule is Cc1ccccc1C(=O)N1CCCN(C(=O)CN2C(=O)c3ccc([N+](=O)[O-])cc3C2=O)CC1. The minimum absolute atomic E-state index is 0.0456. The van der Waals surface area contributed by atoms with Gasteiger partial charge in [-0.25, -0.2) is 0 Å². The van der Waals surface area contributed by atoms with Crippen LogP contribution in [0.2, 0.25) is 0 Å². The minimum atomic E-state index is -0.724. The maximum Gasteiger partial charge on any atom is 0.270 e. The third kappa shape index (κ3) is 4.19. The first-order chi connectivity index (χ1) is 15.8. The number of carbonyl (C=O) groups is 4. The molecule has 2 aliphatic heterocycles. The molecule has 4 amide bonds. The van der Waals surface area contributed by atoms with Gasteiger partial charge in [0.2, 0.25) is 5.91 Å². The van der Waals surface area contributed by atoms with Gasteiger partial charge in [-0.3, -0.25) is 34.2 Å². The zero-order valence-electron chi connectivity index (χ0n) is 18.0. The fraction of sp³-hybridized carbons (Fsp3) is 0.304. The predicted molar refractivity (Wildman–Crippen MR) is 117 cm³/mol. The lowest BCUT2D eigenvalue weighted by atomic mass is 10.1. The number of nitrogens with zero attached hydrogens (tertiary/aromatic N) is 4. The topological polar surface area (TPSA) is 121 Å². The van der Waals surface area contributed by atoms with E-state index in [9.17, 15) is 29.3 Å². The second-order valence-corrected chi connectivity index (χ2v) is 8.02. The zero-order valence-corrected chi connectivity index (χ0v) is 18.0. The van der Waals surface area contributed by atoms with Crippen molar-refractivity contribution in [1.29, 1.82) is 0 Å². The van der Waals surface area contributed by atoms with Crippen LogP contribution in [-0.4, -0.2) is 76.0 Å². The van der Waals surface area contributed by atoms with E-state index in [0.29, 0.717) is 31.6 Å². The highest BCUT2D eigenvalue weighted by Crippen LogP contribution is 2.27. The number of hydrogen-bond donors (Lipinski definition) is 0. The molecule has 2 aliphatic rings. The zero-order chi connectivity index (χ0) is 23.7. The van der Waals surface area contributed by atoms with Gasteiger partial charge in [0.1, 0.15) is 6.54 Å². The molecule has 4 rings (SSSR count). The molecule has 0 saturated carbocycles. The molecule has 33 heavy (non-hydrogen) atoms. The molecule has 0 bridgehead atoms. The first kappa shape index (κ1) is 22.1. The molecule has 0 aromatic heterocycles. The number of nitro groups is 1. The lowest BCUT2D eigenvalue weighted by molar-refractivity contribution is -0.384. The Morgan fingerprint density at radius 3 is 2.33 bits per heavy atom. The minimum Gasteiger partial charge on any atom is -0.339 e. The molecule has 0 radical (unpaired) electrons. The van der Waals surface area contributed by atoms with Crippen molar-refractivity contribution in [2.75, 3.05) is 32.7 Å². The van der Waals surface area contributed by atoms with Gasteiger partial charge in [0.25, 0.3) is 23.4 Å². The number of rotatable bonds is 4. The van der Waals surface area contributed by atoms with Gasteiger partial charge >= 0.3 is 0 Å². The summed E-state index contributed by atoms with van der Waals surface area (Å²) in [5, 5.41) is 11.0. The third-order valence-corrected chi connectivity index (χ3v) is 5.97. The van der Waals surface area contributed by atoms with Crippen LogP contribution in [0.3, 0.4) is 0 Å². The standard InChI is InChI=1S/C23H22N4O6/c1-15-5-2-3-6-17(15)21(29)25-10-4-9-24(11-12-25)20(28)14-26-22(30)18-8-7-16(27(32)33)13-19(18)23(26)31/h2-3,5-8,13H,4,9-12,14H2,1H3. The molecule has 1 saturated heterocycles. The molecule has 0 N–H and O–H groups in total. The Hall–Kier alpha value is -4.08. The van der Waals surface area contributed by atoms with E-state index < -0.39 is 29.2 Å². The number of aryl methyl sites for hydroxylation is 1. The second kappa shape index (κ2) is 8.81. The maximum absolute atomic E-state index is 12.9. The van der Waals surface area contributed by atoms with Crippen LogP contribution in [0.1, 0.15) is 43.1 Å². The Morgan fingerprint density at radius 1 is 0.939 bits per heavy atom. The quantitative estimate of drug-likeness (QED) is 0.398. The van der Waals surface area contributed by atoms with E-state index in [2.05, 4.69) is 0 Å². The molecule has 2 aromatic rings. The van der Waals surface area contributed by atoms with Crippen LogP contribution in [0.15, 0.2) is 42.5 Å². The van der Waals surface area contributed by atoms with Crippen molar-refractivity contribution in [1.82, 2.24) is 14.7 Å². The van der Waals surface area contributed by atoms with E-state index in [1.807, 2.05) is 25.1 Å². The lowest BCUT2D eigenvalue weighted by Crippen LogP contribution is -2.44. The van der Waals surface area contributed by atoms with E-state index in [4.69, 9.17) is 0 Å². The van der Waals surface area contributed by atoms with Crippen LogP contribution < -0.4 is 0 Å². The van der Waals surface area contributed by atoms with Crippen molar-refractivity contribution in [3.8, 4) is 0 Å². The molecule has 2 heterocycles. The lowest BCUT2D eigenvalue weighted by Gasteiger charge is -2.24. The van der Waals surface area contributed by atoms with Gasteiger partial charge < -0.3 is 9.80 Å². The number of fused-ring (bicyclic) bond motifs is 1. The largest absolute Gasteiger partial charge is 0.339 e. The molecule has 0 spiro atoms. The van der Waals surface area contributed by atoms with Crippen molar-refractivity contribution in [2.24, 2.45) is 0 Å². The van der Waals surface area contributed by atoms with Crippen LogP contribution >= 0.6 is 0 Å². The van der Waals surface area contributed by atoms with Crippen LogP contribution in [0.5, 0.6) is 0 Å². The van der Waals surface area contributed by atoms with Crippen LogP contribution in [-0.2, 0) is 4.79 Å². The number of carbonyl (C=O) groups excluding carboxylic acids is 4. The maximum atomic E-state index is 12.9. The monoisotopic (exact) mass is 450 g/mol. The van der Waals surface area contributed by atoms with Crippen LogP contribution in [0.25, 0.3) is 0 Å². The summed E-state index contributed by atoms with van der Waals surface area (Å²) in [6.07, 6.45) is 0.567. The normalized spacial score (nSPS) is 16.0. The fourth-order valence-corrected chi connectivity index (χ4v) is 4.12. The molecule has 0 aliphatic carbocycles. The van der Waals surface area contributed by atoms with Gasteiger partial charge in [0.05, 0.1) is 16.1 Å². The first-order valence-electron chi connectivity index (χ1n) is 10.5. The van der Waals surface area contributed by atoms with E-state index >= 15 is 0 Å². The predicted octanol–water partition coefficient (Wildman–Crippen LogP) is 1.87. The van der Waals surface area contributed by atoms with Crippen molar-refractivity contribution in [3.05, 3.63) is 74.8 Å². The molecular weight excluding hydrogens is 428 g/mol. The average molecular weight is 450 g/mol. The van der Waals surface area contributed by atoms with Gasteiger partial charge in [-0.05, 0) is 31.0 Å². The first-order valence-corrected chi connectivity index (χ1v) is 10.5. The fourth-order valence-electron chi connectivity index (χ4n) is 4.12. The highest BCUT2D eigenvalue weighted by Gasteiger charge is 2.38. The molecule has 0 unspecified atom stereocenters. The summed E-state index contributed by atoms with van der Waals surface area (Å²) in [5.74, 6) is -1.88. The van der Waals surface area contributed by atoms with Crippen molar-refractivity contribution < 1.29 is 24.1 Å². The molecular formula is C23H22N4O6. The number of nitro benzene ring substituents is 1. The Bertz CT molecular complexity index is 1180. The summed E-state index contributed by atoms with van der Waals surface area (Å²) >= 11 is 0. The molecule has 0 atom stereocenters. The Balaban J connectivity index is 1.42. The number of imide groups is 1. The highest BCUT2D eigenvalue weighted by atomic mass is 16.6. The number of non-ortho nitro benzene ring substituents is 1. The smallest absolute Gasteiger partial charge is 0.270 e. The Kier molecular flexibility index (Phi) is 5.91. The van der Waals surface area contributed by atoms with Crippen molar-refractivity contribution >= 4 is 29.3 Å². The van der Waals surface area contributed by atoms with Crippen LogP contribution in [0, 0.1) is 17.0 Å². The number of amides is 4. The summed E-state index contributed by atoms with van der Waals surface area (Å²) < 4.78 is 0. The molecule has 10 heteroatoms. The average Bonchev–Trinajstić information content (AvgIpc) is 2.97. The second-order valence-electron chi connectivity index (χ2n) is 8.02. The third-order valence-electron chi connectivity index (χ3n) is 5.97. The van der Waals surface area contributed by atoms with Gasteiger partial charge in [-0.1, -0.05) is 18.2 Å². The summed E-state index contributed by atoms with van der Waals surface area (Å²) in [7, 11) is 0. The Labute approximate surface area is 189 Å². The van der Waals surface area contributed by atoms with E-state index in [0.717, 1.165) is 22.6 Å². The number of hydrogen-bond acceptors (Lipinski definition) is 6. The molecule has 1 fully saturated rings. The summed E-state index contributed by atoms with van der Waals surface area (Å²) in [6.45, 7) is 2.93. The molecule has 10 nitrogen and oxygen atoms in total. The van der Waals surface area contributed by atoms with E-state index in [1.165, 1.54) is 11.0 Å². The van der Waals surface area contributed by atoms with Crippen molar-refractivity contribution in [3.63, 3.8) is 0 Å². The molecule has 2 aromatic carbocycles. The number of benzene rings is 2. The Morgan fingerprint density at radius 2 is 1.61 bits per heavy atom. The van der Waals surface area contributed by atoms with Gasteiger partial charge in [-0.2, -0.15) is 0 Å². The highest BCUT2D eigenvalue weighted by molar-refractivity contribution is 6.22. The van der Waals surface area contributed by atoms with Crippen LogP contribution in [0.4, 0.5) is 5.69 Å². The van der Waals surface area contributed by atoms with E-state index in [-0.39, 0.29) is 29.3 Å². The van der Waals surface area contributed by atoms with Gasteiger partial charge in [0.15, 0.2) is 0 Å². The summed E-state index contributed by atoms with van der Waals surface area (Å²) in [4.78, 5) is 65.5. The van der Waals surface area contributed by atoms with Crippen molar-refractivity contribution in [2.45, 2.75) is 13.3 Å². The van der Waals surface area contributed by atoms with E-state index in [1.54, 1.807) is 11.0 Å².